The third-order valence-corrected chi connectivity index (χ3v) is 4.30. The highest BCUT2D eigenvalue weighted by Gasteiger charge is 2.16. The second kappa shape index (κ2) is 6.98. The van der Waals surface area contributed by atoms with E-state index in [1.807, 2.05) is 6.92 Å². The van der Waals surface area contributed by atoms with Crippen molar-refractivity contribution in [2.24, 2.45) is 0 Å². The zero-order chi connectivity index (χ0) is 13.7. The largest absolute Gasteiger partial charge is 0.378 e. The molecule has 1 atom stereocenters. The Morgan fingerprint density at radius 2 is 2.42 bits per heavy atom. The van der Waals surface area contributed by atoms with Gasteiger partial charge < -0.3 is 15.4 Å². The number of amides is 1. The van der Waals surface area contributed by atoms with Gasteiger partial charge in [-0.1, -0.05) is 0 Å². The number of hydrogen-bond donors (Lipinski definition) is 2. The highest BCUT2D eigenvalue weighted by atomic mass is 32.1. The number of carbonyl (C=O) groups is 1. The standard InChI is InChI=1S/C13H21N3O2S/c1-9-10(2)19-13(16-9)3-4-15-12(17)7-11-8-18-6-5-14-11/h11,14H,3-8H2,1-2H3,(H,15,17). The first-order valence-corrected chi connectivity index (χ1v) is 7.47. The lowest BCUT2D eigenvalue weighted by atomic mass is 10.2. The third kappa shape index (κ3) is 4.56. The van der Waals surface area contributed by atoms with Gasteiger partial charge in [-0.2, -0.15) is 0 Å². The van der Waals surface area contributed by atoms with Gasteiger partial charge in [-0.25, -0.2) is 4.98 Å². The van der Waals surface area contributed by atoms with E-state index >= 15 is 0 Å². The monoisotopic (exact) mass is 283 g/mol. The molecule has 1 fully saturated rings. The van der Waals surface area contributed by atoms with E-state index in [0.29, 0.717) is 19.6 Å². The van der Waals surface area contributed by atoms with Gasteiger partial charge in [0.15, 0.2) is 0 Å². The van der Waals surface area contributed by atoms with Crippen molar-refractivity contribution < 1.29 is 9.53 Å². The van der Waals surface area contributed by atoms with Crippen molar-refractivity contribution in [3.63, 3.8) is 0 Å². The molecule has 2 rings (SSSR count). The molecule has 0 radical (unpaired) electrons. The van der Waals surface area contributed by atoms with Crippen LogP contribution in [-0.2, 0) is 16.0 Å². The maximum Gasteiger partial charge on any atom is 0.221 e. The average Bonchev–Trinajstić information content (AvgIpc) is 2.70. The summed E-state index contributed by atoms with van der Waals surface area (Å²) in [5.74, 6) is 0.0769. The van der Waals surface area contributed by atoms with Crippen LogP contribution < -0.4 is 10.6 Å². The lowest BCUT2D eigenvalue weighted by molar-refractivity contribution is -0.122. The number of rotatable bonds is 5. The Morgan fingerprint density at radius 3 is 3.05 bits per heavy atom. The fourth-order valence-electron chi connectivity index (χ4n) is 2.00. The third-order valence-electron chi connectivity index (χ3n) is 3.16. The van der Waals surface area contributed by atoms with Crippen molar-refractivity contribution in [1.82, 2.24) is 15.6 Å². The van der Waals surface area contributed by atoms with Crippen LogP contribution >= 0.6 is 11.3 Å². The molecule has 0 aromatic carbocycles. The minimum atomic E-state index is 0.0769. The first-order valence-electron chi connectivity index (χ1n) is 6.66. The molecule has 0 saturated carbocycles. The van der Waals surface area contributed by atoms with Crippen LogP contribution in [0.15, 0.2) is 0 Å². The van der Waals surface area contributed by atoms with E-state index in [1.165, 1.54) is 4.88 Å². The van der Waals surface area contributed by atoms with Crippen LogP contribution in [0.4, 0.5) is 0 Å². The highest BCUT2D eigenvalue weighted by molar-refractivity contribution is 7.11. The van der Waals surface area contributed by atoms with Gasteiger partial charge in [0.2, 0.25) is 5.91 Å². The van der Waals surface area contributed by atoms with Gasteiger partial charge in [-0.05, 0) is 13.8 Å². The van der Waals surface area contributed by atoms with E-state index in [0.717, 1.165) is 30.3 Å². The second-order valence-electron chi connectivity index (χ2n) is 4.78. The van der Waals surface area contributed by atoms with Crippen LogP contribution in [0, 0.1) is 13.8 Å². The first kappa shape index (κ1) is 14.4. The Kier molecular flexibility index (Phi) is 5.30. The molecule has 1 saturated heterocycles. The van der Waals surface area contributed by atoms with Crippen molar-refractivity contribution in [3.8, 4) is 0 Å². The number of hydrogen-bond acceptors (Lipinski definition) is 5. The molecule has 0 aliphatic carbocycles. The van der Waals surface area contributed by atoms with Crippen molar-refractivity contribution in [3.05, 3.63) is 15.6 Å². The van der Waals surface area contributed by atoms with Crippen molar-refractivity contribution in [2.75, 3.05) is 26.3 Å². The summed E-state index contributed by atoms with van der Waals surface area (Å²) in [4.78, 5) is 17.5. The van der Waals surface area contributed by atoms with E-state index in [-0.39, 0.29) is 11.9 Å². The Balaban J connectivity index is 1.66. The molecular weight excluding hydrogens is 262 g/mol. The number of aromatic nitrogens is 1. The molecule has 6 heteroatoms. The molecule has 0 bridgehead atoms. The minimum Gasteiger partial charge on any atom is -0.378 e. The number of morpholine rings is 1. The predicted molar refractivity (Wildman–Crippen MR) is 75.5 cm³/mol. The molecule has 1 unspecified atom stereocenters. The Bertz CT molecular complexity index is 408. The molecule has 1 aromatic rings. The van der Waals surface area contributed by atoms with Crippen LogP contribution in [-0.4, -0.2) is 43.2 Å². The summed E-state index contributed by atoms with van der Waals surface area (Å²) in [5.41, 5.74) is 1.09. The average molecular weight is 283 g/mol. The fraction of sp³-hybridized carbons (Fsp3) is 0.692. The SMILES string of the molecule is Cc1nc(CCNC(=O)CC2COCCN2)sc1C. The zero-order valence-electron chi connectivity index (χ0n) is 11.5. The maximum absolute atomic E-state index is 11.7. The Morgan fingerprint density at radius 1 is 1.58 bits per heavy atom. The van der Waals surface area contributed by atoms with E-state index in [4.69, 9.17) is 4.74 Å². The summed E-state index contributed by atoms with van der Waals surface area (Å²) < 4.78 is 5.32. The van der Waals surface area contributed by atoms with Crippen molar-refractivity contribution in [1.29, 1.82) is 0 Å². The fourth-order valence-corrected chi connectivity index (χ4v) is 2.94. The van der Waals surface area contributed by atoms with E-state index in [1.54, 1.807) is 11.3 Å². The van der Waals surface area contributed by atoms with Gasteiger partial charge in [0.05, 0.1) is 23.9 Å². The van der Waals surface area contributed by atoms with E-state index in [9.17, 15) is 4.79 Å². The molecule has 1 amide bonds. The number of ether oxygens (including phenoxy) is 1. The maximum atomic E-state index is 11.7. The zero-order valence-corrected chi connectivity index (χ0v) is 12.3. The smallest absolute Gasteiger partial charge is 0.221 e. The van der Waals surface area contributed by atoms with Gasteiger partial charge in [-0.15, -0.1) is 11.3 Å². The normalized spacial score (nSPS) is 19.4. The Hall–Kier alpha value is -0.980. The molecule has 2 heterocycles. The first-order chi connectivity index (χ1) is 9.15. The molecule has 106 valence electrons. The predicted octanol–water partition coefficient (Wildman–Crippen LogP) is 0.797. The van der Waals surface area contributed by atoms with Gasteiger partial charge in [-0.3, -0.25) is 4.79 Å². The number of nitrogens with zero attached hydrogens (tertiary/aromatic N) is 1. The molecular formula is C13H21N3O2S. The topological polar surface area (TPSA) is 63.2 Å². The molecule has 1 aliphatic rings. The number of aryl methyl sites for hydroxylation is 2. The van der Waals surface area contributed by atoms with Crippen LogP contribution in [0.1, 0.15) is 22.0 Å². The summed E-state index contributed by atoms with van der Waals surface area (Å²) in [6.07, 6.45) is 1.29. The van der Waals surface area contributed by atoms with Gasteiger partial charge >= 0.3 is 0 Å². The van der Waals surface area contributed by atoms with Crippen molar-refractivity contribution in [2.45, 2.75) is 32.7 Å². The van der Waals surface area contributed by atoms with E-state index in [2.05, 4.69) is 22.5 Å². The van der Waals surface area contributed by atoms with Gasteiger partial charge in [0, 0.05) is 36.9 Å². The molecule has 1 aliphatic heterocycles. The summed E-state index contributed by atoms with van der Waals surface area (Å²) in [5, 5.41) is 7.30. The van der Waals surface area contributed by atoms with Crippen molar-refractivity contribution >= 4 is 17.2 Å². The molecule has 0 spiro atoms. The summed E-state index contributed by atoms with van der Waals surface area (Å²) in [7, 11) is 0. The van der Waals surface area contributed by atoms with Crippen LogP contribution in [0.2, 0.25) is 0 Å². The number of thiazole rings is 1. The van der Waals surface area contributed by atoms with Crippen LogP contribution in [0.25, 0.3) is 0 Å². The van der Waals surface area contributed by atoms with E-state index < -0.39 is 0 Å². The summed E-state index contributed by atoms with van der Waals surface area (Å²) >= 11 is 1.71. The number of nitrogens with one attached hydrogen (secondary N) is 2. The van der Waals surface area contributed by atoms with Gasteiger partial charge in [0.1, 0.15) is 0 Å². The number of carbonyl (C=O) groups excluding carboxylic acids is 1. The van der Waals surface area contributed by atoms with Crippen LogP contribution in [0.3, 0.4) is 0 Å². The summed E-state index contributed by atoms with van der Waals surface area (Å²) in [6, 6.07) is 0.151. The van der Waals surface area contributed by atoms with Crippen LogP contribution in [0.5, 0.6) is 0 Å². The minimum absolute atomic E-state index is 0.0769. The van der Waals surface area contributed by atoms with Gasteiger partial charge in [0.25, 0.3) is 0 Å². The summed E-state index contributed by atoms with van der Waals surface area (Å²) in [6.45, 7) is 6.93. The highest BCUT2D eigenvalue weighted by Crippen LogP contribution is 2.16. The lowest BCUT2D eigenvalue weighted by Crippen LogP contribution is -2.44. The molecule has 1 aromatic heterocycles. The molecule has 19 heavy (non-hydrogen) atoms. The molecule has 5 nitrogen and oxygen atoms in total. The Labute approximate surface area is 117 Å². The lowest BCUT2D eigenvalue weighted by Gasteiger charge is -2.23. The quantitative estimate of drug-likeness (QED) is 0.839. The molecule has 2 N–H and O–H groups in total. The second-order valence-corrected chi connectivity index (χ2v) is 6.07.